The van der Waals surface area contributed by atoms with E-state index in [1.165, 1.54) is 49.8 Å². The Labute approximate surface area is 98.8 Å². The number of nitrogens with zero attached hydrogens (tertiary/aromatic N) is 1. The molecule has 1 heterocycles. The fourth-order valence-corrected chi connectivity index (χ4v) is 2.01. The standard InChI is InChI=1S/C13H25N3/c1-3-5-7-9-11-12(10-8-6-4-2)15-16-13(11)14/h3-10H2,1-2H3,(H3,14,15,16). The van der Waals surface area contributed by atoms with Gasteiger partial charge in [-0.15, -0.1) is 0 Å². The summed E-state index contributed by atoms with van der Waals surface area (Å²) < 4.78 is 0. The first-order valence-corrected chi connectivity index (χ1v) is 6.61. The lowest BCUT2D eigenvalue weighted by Crippen LogP contribution is -1.96. The van der Waals surface area contributed by atoms with Gasteiger partial charge < -0.3 is 5.73 Å². The summed E-state index contributed by atoms with van der Waals surface area (Å²) in [7, 11) is 0. The molecule has 0 radical (unpaired) electrons. The summed E-state index contributed by atoms with van der Waals surface area (Å²) in [5, 5.41) is 7.21. The molecule has 0 aliphatic carbocycles. The van der Waals surface area contributed by atoms with Gasteiger partial charge >= 0.3 is 0 Å². The molecular formula is C13H25N3. The summed E-state index contributed by atoms with van der Waals surface area (Å²) >= 11 is 0. The zero-order valence-corrected chi connectivity index (χ0v) is 10.7. The minimum absolute atomic E-state index is 0.711. The van der Waals surface area contributed by atoms with Crippen LogP contribution in [0, 0.1) is 0 Å². The predicted molar refractivity (Wildman–Crippen MR) is 69.5 cm³/mol. The molecule has 3 heteroatoms. The zero-order valence-electron chi connectivity index (χ0n) is 10.7. The fraction of sp³-hybridized carbons (Fsp3) is 0.769. The third kappa shape index (κ3) is 3.87. The number of nitrogen functional groups attached to an aromatic ring is 1. The minimum Gasteiger partial charge on any atom is -0.382 e. The lowest BCUT2D eigenvalue weighted by atomic mass is 10.0. The Balaban J connectivity index is 2.48. The lowest BCUT2D eigenvalue weighted by Gasteiger charge is -2.03. The highest BCUT2D eigenvalue weighted by Crippen LogP contribution is 2.18. The maximum absolute atomic E-state index is 5.89. The van der Waals surface area contributed by atoms with E-state index in [1.54, 1.807) is 0 Å². The van der Waals surface area contributed by atoms with Crippen LogP contribution in [0.25, 0.3) is 0 Å². The van der Waals surface area contributed by atoms with E-state index >= 15 is 0 Å². The topological polar surface area (TPSA) is 54.7 Å². The molecule has 3 N–H and O–H groups in total. The van der Waals surface area contributed by atoms with Crippen molar-refractivity contribution in [1.29, 1.82) is 0 Å². The number of hydrogen-bond acceptors (Lipinski definition) is 2. The molecule has 0 aliphatic heterocycles. The van der Waals surface area contributed by atoms with E-state index in [2.05, 4.69) is 24.0 Å². The van der Waals surface area contributed by atoms with E-state index < -0.39 is 0 Å². The number of aromatic nitrogens is 2. The quantitative estimate of drug-likeness (QED) is 0.663. The smallest absolute Gasteiger partial charge is 0.148 e. The normalized spacial score (nSPS) is 10.9. The average molecular weight is 223 g/mol. The SMILES string of the molecule is CCCCCc1[nH]nc(N)c1CCCCC. The van der Waals surface area contributed by atoms with E-state index in [4.69, 9.17) is 5.73 Å². The van der Waals surface area contributed by atoms with Crippen molar-refractivity contribution in [2.45, 2.75) is 65.2 Å². The second kappa shape index (κ2) is 7.31. The van der Waals surface area contributed by atoms with Crippen LogP contribution in [0.5, 0.6) is 0 Å². The van der Waals surface area contributed by atoms with Crippen LogP contribution in [0.2, 0.25) is 0 Å². The van der Waals surface area contributed by atoms with Crippen molar-refractivity contribution < 1.29 is 0 Å². The molecule has 3 nitrogen and oxygen atoms in total. The Bertz CT molecular complexity index is 291. The third-order valence-corrected chi connectivity index (χ3v) is 3.05. The van der Waals surface area contributed by atoms with Crippen LogP contribution in [0.4, 0.5) is 5.82 Å². The van der Waals surface area contributed by atoms with E-state index in [9.17, 15) is 0 Å². The molecule has 0 unspecified atom stereocenters. The van der Waals surface area contributed by atoms with Crippen LogP contribution in [0.1, 0.15) is 63.6 Å². The highest BCUT2D eigenvalue weighted by molar-refractivity contribution is 5.42. The van der Waals surface area contributed by atoms with Crippen LogP contribution >= 0.6 is 0 Å². The number of nitrogens with one attached hydrogen (secondary N) is 1. The van der Waals surface area contributed by atoms with E-state index in [0.29, 0.717) is 5.82 Å². The molecule has 1 aromatic rings. The van der Waals surface area contributed by atoms with E-state index in [0.717, 1.165) is 12.8 Å². The molecule has 0 fully saturated rings. The van der Waals surface area contributed by atoms with Crippen LogP contribution in [0.3, 0.4) is 0 Å². The van der Waals surface area contributed by atoms with Gasteiger partial charge in [-0.25, -0.2) is 0 Å². The molecule has 0 aromatic carbocycles. The Morgan fingerprint density at radius 1 is 1.00 bits per heavy atom. The first-order valence-electron chi connectivity index (χ1n) is 6.61. The first-order chi connectivity index (χ1) is 7.79. The molecule has 0 saturated heterocycles. The van der Waals surface area contributed by atoms with Crippen molar-refractivity contribution in [3.63, 3.8) is 0 Å². The van der Waals surface area contributed by atoms with E-state index in [1.807, 2.05) is 0 Å². The summed E-state index contributed by atoms with van der Waals surface area (Å²) in [6, 6.07) is 0. The molecule has 0 atom stereocenters. The van der Waals surface area contributed by atoms with Gasteiger partial charge in [-0.3, -0.25) is 5.10 Å². The van der Waals surface area contributed by atoms with Crippen LogP contribution in [-0.4, -0.2) is 10.2 Å². The van der Waals surface area contributed by atoms with Crippen LogP contribution in [0.15, 0.2) is 0 Å². The van der Waals surface area contributed by atoms with Gasteiger partial charge in [0.1, 0.15) is 5.82 Å². The Kier molecular flexibility index (Phi) is 5.98. The van der Waals surface area contributed by atoms with Crippen molar-refractivity contribution >= 4 is 5.82 Å². The molecule has 0 amide bonds. The van der Waals surface area contributed by atoms with Crippen molar-refractivity contribution in [3.8, 4) is 0 Å². The molecule has 0 saturated carbocycles. The summed E-state index contributed by atoms with van der Waals surface area (Å²) in [5.41, 5.74) is 8.42. The number of aryl methyl sites for hydroxylation is 1. The van der Waals surface area contributed by atoms with Gasteiger partial charge in [0.2, 0.25) is 0 Å². The Morgan fingerprint density at radius 3 is 2.25 bits per heavy atom. The molecule has 16 heavy (non-hydrogen) atoms. The molecule has 0 spiro atoms. The molecule has 1 rings (SSSR count). The van der Waals surface area contributed by atoms with Gasteiger partial charge in [-0.05, 0) is 25.7 Å². The van der Waals surface area contributed by atoms with Crippen molar-refractivity contribution in [3.05, 3.63) is 11.3 Å². The first kappa shape index (κ1) is 13.1. The average Bonchev–Trinajstić information content (AvgIpc) is 2.62. The number of rotatable bonds is 8. The maximum Gasteiger partial charge on any atom is 0.148 e. The summed E-state index contributed by atoms with van der Waals surface area (Å²) in [5.74, 6) is 0.711. The highest BCUT2D eigenvalue weighted by Gasteiger charge is 2.09. The second-order valence-electron chi connectivity index (χ2n) is 4.48. The fourth-order valence-electron chi connectivity index (χ4n) is 2.01. The van der Waals surface area contributed by atoms with Crippen LogP contribution < -0.4 is 5.73 Å². The summed E-state index contributed by atoms with van der Waals surface area (Å²) in [4.78, 5) is 0. The Morgan fingerprint density at radius 2 is 1.62 bits per heavy atom. The monoisotopic (exact) mass is 223 g/mol. The maximum atomic E-state index is 5.89. The minimum atomic E-state index is 0.711. The van der Waals surface area contributed by atoms with Crippen molar-refractivity contribution in [2.24, 2.45) is 0 Å². The number of H-pyrrole nitrogens is 1. The van der Waals surface area contributed by atoms with Crippen molar-refractivity contribution in [1.82, 2.24) is 10.2 Å². The van der Waals surface area contributed by atoms with Gasteiger partial charge in [-0.2, -0.15) is 5.10 Å². The Hall–Kier alpha value is -0.990. The number of aromatic amines is 1. The lowest BCUT2D eigenvalue weighted by molar-refractivity contribution is 0.687. The van der Waals surface area contributed by atoms with Gasteiger partial charge in [0.15, 0.2) is 0 Å². The highest BCUT2D eigenvalue weighted by atomic mass is 15.2. The largest absolute Gasteiger partial charge is 0.382 e. The van der Waals surface area contributed by atoms with Crippen molar-refractivity contribution in [2.75, 3.05) is 5.73 Å². The van der Waals surface area contributed by atoms with Gasteiger partial charge in [0.05, 0.1) is 0 Å². The molecule has 92 valence electrons. The van der Waals surface area contributed by atoms with Crippen LogP contribution in [-0.2, 0) is 12.8 Å². The van der Waals surface area contributed by atoms with Gasteiger partial charge in [-0.1, -0.05) is 39.5 Å². The molecule has 1 aromatic heterocycles. The summed E-state index contributed by atoms with van der Waals surface area (Å²) in [6.45, 7) is 4.45. The van der Waals surface area contributed by atoms with Gasteiger partial charge in [0.25, 0.3) is 0 Å². The molecule has 0 aliphatic rings. The number of nitrogens with two attached hydrogens (primary N) is 1. The molecular weight excluding hydrogens is 198 g/mol. The zero-order chi connectivity index (χ0) is 11.8. The number of anilines is 1. The van der Waals surface area contributed by atoms with Gasteiger partial charge in [0, 0.05) is 11.3 Å². The predicted octanol–water partition coefficient (Wildman–Crippen LogP) is 3.46. The summed E-state index contributed by atoms with van der Waals surface area (Å²) in [6.07, 6.45) is 9.71. The second-order valence-corrected chi connectivity index (χ2v) is 4.48. The third-order valence-electron chi connectivity index (χ3n) is 3.05. The number of unbranched alkanes of at least 4 members (excludes halogenated alkanes) is 4. The molecule has 0 bridgehead atoms. The number of hydrogen-bond donors (Lipinski definition) is 2. The van der Waals surface area contributed by atoms with E-state index in [-0.39, 0.29) is 0 Å².